The summed E-state index contributed by atoms with van der Waals surface area (Å²) >= 11 is 0. The predicted molar refractivity (Wildman–Crippen MR) is 143 cm³/mol. The maximum Gasteiger partial charge on any atom is 0.116 e. The van der Waals surface area contributed by atoms with Crippen LogP contribution in [0.1, 0.15) is 113 Å². The van der Waals surface area contributed by atoms with E-state index in [1.54, 1.807) is 0 Å². The standard InChI is InChI=1S/C30H50O2/c1-25(2)15-11-18-28(5)21-12-19-26(3)16-9-10-17-27(4)20-13-22-29(6)23-14-24-30(7,8)32-31/h14-17,21-22,24,31H,9-13,18-20,23H2,1-8H3/b24-14+,26-16+,27-17+,28-21+,29-22+. The third-order valence-electron chi connectivity index (χ3n) is 5.50. The predicted octanol–water partition coefficient (Wildman–Crippen LogP) is 10.1. The molecule has 0 saturated carbocycles. The Kier molecular flexibility index (Phi) is 16.9. The Morgan fingerprint density at radius 3 is 1.47 bits per heavy atom. The minimum atomic E-state index is -0.618. The first-order valence-electron chi connectivity index (χ1n) is 12.3. The van der Waals surface area contributed by atoms with E-state index in [4.69, 9.17) is 5.26 Å². The summed E-state index contributed by atoms with van der Waals surface area (Å²) in [6, 6.07) is 0. The molecular weight excluding hydrogens is 392 g/mol. The highest BCUT2D eigenvalue weighted by Gasteiger charge is 2.12. The lowest BCUT2D eigenvalue weighted by molar-refractivity contribution is -0.297. The van der Waals surface area contributed by atoms with E-state index in [1.165, 1.54) is 40.7 Å². The summed E-state index contributed by atoms with van der Waals surface area (Å²) < 4.78 is 0. The van der Waals surface area contributed by atoms with Crippen molar-refractivity contribution in [2.45, 2.75) is 119 Å². The molecule has 0 radical (unpaired) electrons. The van der Waals surface area contributed by atoms with Gasteiger partial charge in [0.05, 0.1) is 0 Å². The van der Waals surface area contributed by atoms with Crippen LogP contribution in [0.2, 0.25) is 0 Å². The Bertz CT molecular complexity index is 692. The maximum absolute atomic E-state index is 8.80. The van der Waals surface area contributed by atoms with Crippen molar-refractivity contribution in [2.24, 2.45) is 0 Å². The molecule has 0 bridgehead atoms. The number of hydrogen-bond donors (Lipinski definition) is 1. The van der Waals surface area contributed by atoms with E-state index < -0.39 is 5.60 Å². The highest BCUT2D eigenvalue weighted by molar-refractivity contribution is 5.10. The van der Waals surface area contributed by atoms with Gasteiger partial charge in [-0.3, -0.25) is 5.26 Å². The summed E-state index contributed by atoms with van der Waals surface area (Å²) in [4.78, 5) is 4.42. The second-order valence-corrected chi connectivity index (χ2v) is 9.98. The molecule has 0 aromatic rings. The second kappa shape index (κ2) is 17.9. The molecule has 182 valence electrons. The third kappa shape index (κ3) is 19.1. The largest absolute Gasteiger partial charge is 0.251 e. The van der Waals surface area contributed by atoms with Gasteiger partial charge in [-0.05, 0) is 113 Å². The molecule has 2 heteroatoms. The van der Waals surface area contributed by atoms with Crippen molar-refractivity contribution in [3.63, 3.8) is 0 Å². The molecule has 0 aromatic heterocycles. The van der Waals surface area contributed by atoms with E-state index in [9.17, 15) is 0 Å². The maximum atomic E-state index is 8.80. The average Bonchev–Trinajstić information content (AvgIpc) is 2.71. The zero-order chi connectivity index (χ0) is 24.4. The molecule has 2 nitrogen and oxygen atoms in total. The molecule has 0 heterocycles. The van der Waals surface area contributed by atoms with Crippen molar-refractivity contribution in [1.82, 2.24) is 0 Å². The molecule has 0 unspecified atom stereocenters. The molecule has 0 rings (SSSR count). The first-order valence-corrected chi connectivity index (χ1v) is 12.3. The molecule has 1 N–H and O–H groups in total. The average molecular weight is 443 g/mol. The number of rotatable bonds is 16. The van der Waals surface area contributed by atoms with Gasteiger partial charge in [-0.25, -0.2) is 4.89 Å². The summed E-state index contributed by atoms with van der Waals surface area (Å²) in [6.45, 7) is 16.9. The Balaban J connectivity index is 4.14. The lowest BCUT2D eigenvalue weighted by Crippen LogP contribution is -2.18. The summed E-state index contributed by atoms with van der Waals surface area (Å²) in [6.07, 6.45) is 25.8. The van der Waals surface area contributed by atoms with Crippen molar-refractivity contribution >= 4 is 0 Å². The van der Waals surface area contributed by atoms with Crippen molar-refractivity contribution in [3.05, 3.63) is 70.4 Å². The molecule has 0 fully saturated rings. The molecule has 0 spiro atoms. The SMILES string of the molecule is CC(C)=CCC/C(C)=C/CC/C(C)=C/CC/C=C(\C)CC/C=C(\C)C/C=C/C(C)(C)OO. The quantitative estimate of drug-likeness (QED) is 0.111. The molecule has 0 aliphatic heterocycles. The van der Waals surface area contributed by atoms with Crippen LogP contribution in [0, 0.1) is 0 Å². The molecule has 0 aliphatic rings. The molecule has 0 aromatic carbocycles. The van der Waals surface area contributed by atoms with Gasteiger partial charge in [-0.2, -0.15) is 0 Å². The molecule has 32 heavy (non-hydrogen) atoms. The van der Waals surface area contributed by atoms with Crippen LogP contribution >= 0.6 is 0 Å². The van der Waals surface area contributed by atoms with Crippen LogP contribution < -0.4 is 0 Å². The van der Waals surface area contributed by atoms with Crippen LogP contribution in [-0.2, 0) is 4.89 Å². The third-order valence-corrected chi connectivity index (χ3v) is 5.50. The Labute approximate surface area is 199 Å². The van der Waals surface area contributed by atoms with Crippen LogP contribution in [0.25, 0.3) is 0 Å². The fraction of sp³-hybridized carbons (Fsp3) is 0.600. The minimum Gasteiger partial charge on any atom is -0.251 e. The van der Waals surface area contributed by atoms with Gasteiger partial charge >= 0.3 is 0 Å². The minimum absolute atomic E-state index is 0.618. The van der Waals surface area contributed by atoms with Gasteiger partial charge in [0.1, 0.15) is 5.60 Å². The van der Waals surface area contributed by atoms with Crippen LogP contribution in [0.15, 0.2) is 70.4 Å². The van der Waals surface area contributed by atoms with Gasteiger partial charge in [0.2, 0.25) is 0 Å². The fourth-order valence-electron chi connectivity index (χ4n) is 3.29. The molecule has 0 saturated heterocycles. The van der Waals surface area contributed by atoms with Crippen LogP contribution in [-0.4, -0.2) is 10.9 Å². The van der Waals surface area contributed by atoms with Gasteiger partial charge in [0, 0.05) is 0 Å². The Morgan fingerprint density at radius 1 is 0.625 bits per heavy atom. The normalized spacial score (nSPS) is 14.4. The first-order chi connectivity index (χ1) is 15.1. The van der Waals surface area contributed by atoms with E-state index in [1.807, 2.05) is 19.9 Å². The van der Waals surface area contributed by atoms with Crippen molar-refractivity contribution in [1.29, 1.82) is 0 Å². The summed E-state index contributed by atoms with van der Waals surface area (Å²) in [5, 5.41) is 8.80. The monoisotopic (exact) mass is 442 g/mol. The van der Waals surface area contributed by atoms with Crippen LogP contribution in [0.3, 0.4) is 0 Å². The van der Waals surface area contributed by atoms with Crippen LogP contribution in [0.5, 0.6) is 0 Å². The van der Waals surface area contributed by atoms with Gasteiger partial charge in [0.25, 0.3) is 0 Å². The zero-order valence-electron chi connectivity index (χ0n) is 22.3. The second-order valence-electron chi connectivity index (χ2n) is 9.98. The molecule has 0 aliphatic carbocycles. The van der Waals surface area contributed by atoms with E-state index >= 15 is 0 Å². The Hall–Kier alpha value is -1.64. The van der Waals surface area contributed by atoms with E-state index in [-0.39, 0.29) is 0 Å². The highest BCUT2D eigenvalue weighted by Crippen LogP contribution is 2.15. The topological polar surface area (TPSA) is 29.5 Å². The van der Waals surface area contributed by atoms with E-state index in [0.29, 0.717) is 0 Å². The number of hydrogen-bond acceptors (Lipinski definition) is 2. The van der Waals surface area contributed by atoms with E-state index in [0.717, 1.165) is 44.9 Å². The number of unbranched alkanes of at least 4 members (excludes halogenated alkanes) is 1. The van der Waals surface area contributed by atoms with Gasteiger partial charge < -0.3 is 0 Å². The van der Waals surface area contributed by atoms with Gasteiger partial charge in [0.15, 0.2) is 0 Å². The van der Waals surface area contributed by atoms with Gasteiger partial charge in [-0.1, -0.05) is 70.4 Å². The lowest BCUT2D eigenvalue weighted by Gasteiger charge is -2.14. The van der Waals surface area contributed by atoms with Gasteiger partial charge in [-0.15, -0.1) is 0 Å². The smallest absolute Gasteiger partial charge is 0.116 e. The summed E-state index contributed by atoms with van der Waals surface area (Å²) in [5.41, 5.74) is 6.63. The van der Waals surface area contributed by atoms with Crippen molar-refractivity contribution in [2.75, 3.05) is 0 Å². The number of allylic oxidation sites excluding steroid dienone is 11. The Morgan fingerprint density at radius 2 is 1.03 bits per heavy atom. The zero-order valence-corrected chi connectivity index (χ0v) is 22.3. The van der Waals surface area contributed by atoms with E-state index in [2.05, 4.69) is 82.9 Å². The summed E-state index contributed by atoms with van der Waals surface area (Å²) in [5.74, 6) is 0. The lowest BCUT2D eigenvalue weighted by atomic mass is 10.0. The summed E-state index contributed by atoms with van der Waals surface area (Å²) in [7, 11) is 0. The fourth-order valence-corrected chi connectivity index (χ4v) is 3.29. The molecule has 0 atom stereocenters. The molecule has 0 amide bonds. The van der Waals surface area contributed by atoms with Crippen molar-refractivity contribution in [3.8, 4) is 0 Å². The van der Waals surface area contributed by atoms with Crippen LogP contribution in [0.4, 0.5) is 0 Å². The molecular formula is C30H50O2. The van der Waals surface area contributed by atoms with Crippen molar-refractivity contribution < 1.29 is 10.1 Å². The first kappa shape index (κ1) is 30.4. The highest BCUT2D eigenvalue weighted by atomic mass is 17.1.